The van der Waals surface area contributed by atoms with Crippen LogP contribution in [0.3, 0.4) is 0 Å². The summed E-state index contributed by atoms with van der Waals surface area (Å²) in [5.74, 6) is 1.86. The highest BCUT2D eigenvalue weighted by Gasteiger charge is 2.17. The van der Waals surface area contributed by atoms with Crippen molar-refractivity contribution in [2.75, 3.05) is 13.2 Å². The maximum absolute atomic E-state index is 12.8. The van der Waals surface area contributed by atoms with Gasteiger partial charge in [-0.1, -0.05) is 41.9 Å². The molecule has 30 heavy (non-hydrogen) atoms. The van der Waals surface area contributed by atoms with E-state index in [1.165, 1.54) is 0 Å². The van der Waals surface area contributed by atoms with Crippen LogP contribution in [0.1, 0.15) is 34.5 Å². The Bertz CT molecular complexity index is 1050. The van der Waals surface area contributed by atoms with Crippen LogP contribution in [0.5, 0.6) is 17.2 Å². The number of ether oxygens (including phenoxy) is 3. The molecule has 3 aromatic rings. The van der Waals surface area contributed by atoms with Crippen molar-refractivity contribution >= 4 is 17.5 Å². The fourth-order valence-corrected chi connectivity index (χ4v) is 3.39. The number of hydrogen-bond donors (Lipinski definition) is 1. The van der Waals surface area contributed by atoms with Gasteiger partial charge in [-0.15, -0.1) is 0 Å². The molecule has 1 heterocycles. The van der Waals surface area contributed by atoms with E-state index in [0.717, 1.165) is 16.9 Å². The number of hydrogen-bond acceptors (Lipinski definition) is 4. The van der Waals surface area contributed by atoms with Crippen LogP contribution in [-0.4, -0.2) is 19.1 Å². The molecule has 1 atom stereocenters. The quantitative estimate of drug-likeness (QED) is 0.593. The molecular formula is C24H22ClNO4. The number of fused-ring (bicyclic) bond motifs is 1. The van der Waals surface area contributed by atoms with Gasteiger partial charge in [-0.25, -0.2) is 0 Å². The number of amides is 1. The highest BCUT2D eigenvalue weighted by atomic mass is 35.5. The van der Waals surface area contributed by atoms with E-state index in [9.17, 15) is 4.79 Å². The highest BCUT2D eigenvalue weighted by molar-refractivity contribution is 6.31. The van der Waals surface area contributed by atoms with Crippen molar-refractivity contribution in [3.8, 4) is 17.2 Å². The SMILES string of the molecule is CC(NC(=O)c1cccc(OCc2ccccc2Cl)c1)c1ccc2c(c1)OCCO2. The molecule has 1 amide bonds. The van der Waals surface area contributed by atoms with Gasteiger partial charge in [-0.05, 0) is 48.9 Å². The first kappa shape index (κ1) is 20.1. The lowest BCUT2D eigenvalue weighted by Crippen LogP contribution is -2.26. The van der Waals surface area contributed by atoms with E-state index in [-0.39, 0.29) is 11.9 Å². The Hall–Kier alpha value is -3.18. The minimum absolute atomic E-state index is 0.180. The van der Waals surface area contributed by atoms with Crippen molar-refractivity contribution in [2.45, 2.75) is 19.6 Å². The third-order valence-electron chi connectivity index (χ3n) is 4.86. The first-order chi connectivity index (χ1) is 14.6. The Balaban J connectivity index is 1.41. The normalized spacial score (nSPS) is 13.4. The summed E-state index contributed by atoms with van der Waals surface area (Å²) in [6.45, 7) is 3.34. The minimum Gasteiger partial charge on any atom is -0.489 e. The molecule has 3 aromatic carbocycles. The van der Waals surface area contributed by atoms with E-state index < -0.39 is 0 Å². The van der Waals surface area contributed by atoms with Gasteiger partial charge in [0.2, 0.25) is 0 Å². The smallest absolute Gasteiger partial charge is 0.251 e. The zero-order chi connectivity index (χ0) is 20.9. The molecule has 0 bridgehead atoms. The minimum atomic E-state index is -0.193. The van der Waals surface area contributed by atoms with Crippen LogP contribution in [0.4, 0.5) is 0 Å². The molecule has 154 valence electrons. The summed E-state index contributed by atoms with van der Waals surface area (Å²) in [5.41, 5.74) is 2.36. The molecule has 4 rings (SSSR count). The maximum atomic E-state index is 12.8. The van der Waals surface area contributed by atoms with E-state index in [0.29, 0.717) is 41.9 Å². The van der Waals surface area contributed by atoms with Gasteiger partial charge in [0.15, 0.2) is 11.5 Å². The van der Waals surface area contributed by atoms with Crippen molar-refractivity contribution in [3.63, 3.8) is 0 Å². The van der Waals surface area contributed by atoms with Crippen LogP contribution < -0.4 is 19.5 Å². The second-order valence-electron chi connectivity index (χ2n) is 7.01. The third kappa shape index (κ3) is 4.69. The first-order valence-electron chi connectivity index (χ1n) is 9.77. The summed E-state index contributed by atoms with van der Waals surface area (Å²) in [7, 11) is 0. The summed E-state index contributed by atoms with van der Waals surface area (Å²) < 4.78 is 17.0. The summed E-state index contributed by atoms with van der Waals surface area (Å²) in [4.78, 5) is 12.8. The molecule has 1 aliphatic heterocycles. The van der Waals surface area contributed by atoms with Gasteiger partial charge in [-0.3, -0.25) is 4.79 Å². The Morgan fingerprint density at radius 1 is 1.03 bits per heavy atom. The van der Waals surface area contributed by atoms with Crippen molar-refractivity contribution in [1.82, 2.24) is 5.32 Å². The molecule has 0 saturated heterocycles. The van der Waals surface area contributed by atoms with E-state index in [1.54, 1.807) is 18.2 Å². The largest absolute Gasteiger partial charge is 0.489 e. The van der Waals surface area contributed by atoms with Crippen molar-refractivity contribution in [3.05, 3.63) is 88.4 Å². The molecule has 5 nitrogen and oxygen atoms in total. The molecule has 0 radical (unpaired) electrons. The number of halogens is 1. The average molecular weight is 424 g/mol. The lowest BCUT2D eigenvalue weighted by atomic mass is 10.1. The van der Waals surface area contributed by atoms with E-state index in [4.69, 9.17) is 25.8 Å². The van der Waals surface area contributed by atoms with Crippen molar-refractivity contribution < 1.29 is 19.0 Å². The van der Waals surface area contributed by atoms with Gasteiger partial charge in [0.05, 0.1) is 6.04 Å². The summed E-state index contributed by atoms with van der Waals surface area (Å²) in [5, 5.41) is 3.67. The van der Waals surface area contributed by atoms with Crippen LogP contribution in [-0.2, 0) is 6.61 Å². The van der Waals surface area contributed by atoms with Crippen molar-refractivity contribution in [2.24, 2.45) is 0 Å². The van der Waals surface area contributed by atoms with Gasteiger partial charge in [0, 0.05) is 16.1 Å². The Morgan fingerprint density at radius 2 is 1.83 bits per heavy atom. The number of carbonyl (C=O) groups excluding carboxylic acids is 1. The van der Waals surface area contributed by atoms with Gasteiger partial charge >= 0.3 is 0 Å². The average Bonchev–Trinajstić information content (AvgIpc) is 2.78. The molecule has 0 aliphatic carbocycles. The predicted molar refractivity (Wildman–Crippen MR) is 116 cm³/mol. The number of nitrogens with one attached hydrogen (secondary N) is 1. The van der Waals surface area contributed by atoms with E-state index in [2.05, 4.69) is 5.32 Å². The predicted octanol–water partition coefficient (Wildman–Crippen LogP) is 5.18. The fraction of sp³-hybridized carbons (Fsp3) is 0.208. The maximum Gasteiger partial charge on any atom is 0.251 e. The van der Waals surface area contributed by atoms with Crippen LogP contribution in [0.25, 0.3) is 0 Å². The summed E-state index contributed by atoms with van der Waals surface area (Å²) in [6, 6.07) is 20.1. The van der Waals surface area contributed by atoms with Crippen LogP contribution in [0, 0.1) is 0 Å². The number of benzene rings is 3. The molecule has 0 fully saturated rings. The number of rotatable bonds is 6. The third-order valence-corrected chi connectivity index (χ3v) is 5.23. The van der Waals surface area contributed by atoms with Crippen molar-refractivity contribution in [1.29, 1.82) is 0 Å². The topological polar surface area (TPSA) is 56.8 Å². The highest BCUT2D eigenvalue weighted by Crippen LogP contribution is 2.32. The van der Waals surface area contributed by atoms with E-state index >= 15 is 0 Å². The van der Waals surface area contributed by atoms with Crippen LogP contribution in [0.15, 0.2) is 66.7 Å². The van der Waals surface area contributed by atoms with Gasteiger partial charge < -0.3 is 19.5 Å². The molecule has 0 spiro atoms. The lowest BCUT2D eigenvalue weighted by Gasteiger charge is -2.21. The standard InChI is InChI=1S/C24H22ClNO4/c1-16(17-9-10-22-23(14-17)29-12-11-28-22)26-24(27)18-6-4-7-20(13-18)30-15-19-5-2-3-8-21(19)25/h2-10,13-14,16H,11-12,15H2,1H3,(H,26,27). The fourth-order valence-electron chi connectivity index (χ4n) is 3.20. The molecule has 1 unspecified atom stereocenters. The Morgan fingerprint density at radius 3 is 2.67 bits per heavy atom. The first-order valence-corrected chi connectivity index (χ1v) is 10.1. The molecule has 1 aliphatic rings. The second-order valence-corrected chi connectivity index (χ2v) is 7.41. The molecule has 0 saturated carbocycles. The second kappa shape index (κ2) is 9.09. The zero-order valence-electron chi connectivity index (χ0n) is 16.6. The molecule has 1 N–H and O–H groups in total. The summed E-state index contributed by atoms with van der Waals surface area (Å²) >= 11 is 6.17. The van der Waals surface area contributed by atoms with Crippen LogP contribution >= 0.6 is 11.6 Å². The zero-order valence-corrected chi connectivity index (χ0v) is 17.3. The monoisotopic (exact) mass is 423 g/mol. The number of carbonyl (C=O) groups is 1. The molecular weight excluding hydrogens is 402 g/mol. The molecule has 6 heteroatoms. The Kier molecular flexibility index (Phi) is 6.10. The molecule has 0 aromatic heterocycles. The van der Waals surface area contributed by atoms with Gasteiger partial charge in [-0.2, -0.15) is 0 Å². The lowest BCUT2D eigenvalue weighted by molar-refractivity contribution is 0.0939. The Labute approximate surface area is 180 Å². The van der Waals surface area contributed by atoms with Gasteiger partial charge in [0.25, 0.3) is 5.91 Å². The van der Waals surface area contributed by atoms with Crippen LogP contribution in [0.2, 0.25) is 5.02 Å². The summed E-state index contributed by atoms with van der Waals surface area (Å²) in [6.07, 6.45) is 0. The van der Waals surface area contributed by atoms with Gasteiger partial charge in [0.1, 0.15) is 25.6 Å². The van der Waals surface area contributed by atoms with E-state index in [1.807, 2.05) is 55.5 Å².